The molecule has 1 fully saturated rings. The lowest BCUT2D eigenvalue weighted by molar-refractivity contribution is 0.175. The SMILES string of the molecule is CC(C)N1CC[C@H]2COC(=O)N2c2cc(F)ccc2C1. The third kappa shape index (κ3) is 2.26. The summed E-state index contributed by atoms with van der Waals surface area (Å²) < 4.78 is 18.7. The summed E-state index contributed by atoms with van der Waals surface area (Å²) >= 11 is 0. The number of rotatable bonds is 1. The Labute approximate surface area is 118 Å². The molecule has 2 aliphatic heterocycles. The molecule has 0 saturated carbocycles. The molecule has 0 radical (unpaired) electrons. The van der Waals surface area contributed by atoms with Crippen molar-refractivity contribution in [3.8, 4) is 0 Å². The van der Waals surface area contributed by atoms with Crippen LogP contribution in [0.25, 0.3) is 0 Å². The lowest BCUT2D eigenvalue weighted by Crippen LogP contribution is -2.42. The second kappa shape index (κ2) is 5.05. The molecule has 0 N–H and O–H groups in total. The van der Waals surface area contributed by atoms with Crippen LogP contribution in [0, 0.1) is 5.82 Å². The number of hydrogen-bond donors (Lipinski definition) is 0. The molecule has 0 unspecified atom stereocenters. The maximum Gasteiger partial charge on any atom is 0.414 e. The van der Waals surface area contributed by atoms with Crippen LogP contribution in [0.1, 0.15) is 25.8 Å². The van der Waals surface area contributed by atoms with Crippen LogP contribution < -0.4 is 4.90 Å². The first-order chi connectivity index (χ1) is 9.56. The highest BCUT2D eigenvalue weighted by atomic mass is 19.1. The molecular formula is C15H19FN2O2. The van der Waals surface area contributed by atoms with Crippen LogP contribution in [0.2, 0.25) is 0 Å². The van der Waals surface area contributed by atoms with E-state index in [-0.39, 0.29) is 18.0 Å². The van der Waals surface area contributed by atoms with Crippen molar-refractivity contribution < 1.29 is 13.9 Å². The highest BCUT2D eigenvalue weighted by Crippen LogP contribution is 2.32. The van der Waals surface area contributed by atoms with E-state index < -0.39 is 0 Å². The van der Waals surface area contributed by atoms with Gasteiger partial charge in [0, 0.05) is 19.1 Å². The molecule has 4 nitrogen and oxygen atoms in total. The third-order valence-corrected chi connectivity index (χ3v) is 4.12. The first-order valence-electron chi connectivity index (χ1n) is 7.04. The van der Waals surface area contributed by atoms with Crippen LogP contribution in [0.15, 0.2) is 18.2 Å². The summed E-state index contributed by atoms with van der Waals surface area (Å²) in [4.78, 5) is 15.9. The molecule has 0 spiro atoms. The summed E-state index contributed by atoms with van der Waals surface area (Å²) in [6, 6.07) is 5.09. The zero-order valence-electron chi connectivity index (χ0n) is 11.8. The fourth-order valence-electron chi connectivity index (χ4n) is 2.92. The van der Waals surface area contributed by atoms with Gasteiger partial charge in [-0.3, -0.25) is 9.80 Å². The monoisotopic (exact) mass is 278 g/mol. The Morgan fingerprint density at radius 2 is 2.20 bits per heavy atom. The van der Waals surface area contributed by atoms with E-state index in [0.717, 1.165) is 25.1 Å². The smallest absolute Gasteiger partial charge is 0.414 e. The number of carbonyl (C=O) groups excluding carboxylic acids is 1. The van der Waals surface area contributed by atoms with Crippen LogP contribution in [-0.2, 0) is 11.3 Å². The van der Waals surface area contributed by atoms with Crippen molar-refractivity contribution >= 4 is 11.8 Å². The quantitative estimate of drug-likeness (QED) is 0.792. The minimum Gasteiger partial charge on any atom is -0.447 e. The van der Waals surface area contributed by atoms with E-state index in [4.69, 9.17) is 4.74 Å². The highest BCUT2D eigenvalue weighted by Gasteiger charge is 2.37. The van der Waals surface area contributed by atoms with E-state index in [2.05, 4.69) is 18.7 Å². The predicted molar refractivity (Wildman–Crippen MR) is 74.2 cm³/mol. The molecule has 1 aromatic carbocycles. The van der Waals surface area contributed by atoms with E-state index in [0.29, 0.717) is 18.3 Å². The van der Waals surface area contributed by atoms with Gasteiger partial charge in [-0.05, 0) is 38.0 Å². The molecule has 0 bridgehead atoms. The summed E-state index contributed by atoms with van der Waals surface area (Å²) in [7, 11) is 0. The summed E-state index contributed by atoms with van der Waals surface area (Å²) in [5, 5.41) is 0. The number of halogens is 1. The van der Waals surface area contributed by atoms with Gasteiger partial charge in [-0.1, -0.05) is 6.07 Å². The second-order valence-corrected chi connectivity index (χ2v) is 5.73. The maximum absolute atomic E-state index is 13.6. The molecule has 3 rings (SSSR count). The van der Waals surface area contributed by atoms with E-state index in [1.165, 1.54) is 12.1 Å². The predicted octanol–water partition coefficient (Wildman–Crippen LogP) is 2.77. The van der Waals surface area contributed by atoms with Gasteiger partial charge in [-0.25, -0.2) is 9.18 Å². The maximum atomic E-state index is 13.6. The van der Waals surface area contributed by atoms with Gasteiger partial charge in [-0.15, -0.1) is 0 Å². The van der Waals surface area contributed by atoms with Crippen molar-refractivity contribution in [1.29, 1.82) is 0 Å². The summed E-state index contributed by atoms with van der Waals surface area (Å²) in [5.41, 5.74) is 1.63. The van der Waals surface area contributed by atoms with Gasteiger partial charge in [-0.2, -0.15) is 0 Å². The average molecular weight is 278 g/mol. The number of fused-ring (bicyclic) bond motifs is 3. The van der Waals surface area contributed by atoms with Gasteiger partial charge in [0.1, 0.15) is 12.4 Å². The topological polar surface area (TPSA) is 32.8 Å². The van der Waals surface area contributed by atoms with Gasteiger partial charge in [0.15, 0.2) is 0 Å². The molecule has 2 aliphatic rings. The van der Waals surface area contributed by atoms with Crippen molar-refractivity contribution in [2.24, 2.45) is 0 Å². The summed E-state index contributed by atoms with van der Waals surface area (Å²) in [6.45, 7) is 6.33. The number of hydrogen-bond acceptors (Lipinski definition) is 3. The van der Waals surface area contributed by atoms with Crippen LogP contribution in [0.5, 0.6) is 0 Å². The molecule has 1 saturated heterocycles. The Balaban J connectivity index is 2.05. The lowest BCUT2D eigenvalue weighted by atomic mass is 10.0. The largest absolute Gasteiger partial charge is 0.447 e. The molecule has 0 aromatic heterocycles. The Bertz CT molecular complexity index is 533. The van der Waals surface area contributed by atoms with Crippen molar-refractivity contribution in [2.45, 2.75) is 38.9 Å². The number of ether oxygens (including phenoxy) is 1. The van der Waals surface area contributed by atoms with Crippen molar-refractivity contribution in [1.82, 2.24) is 4.90 Å². The Hall–Kier alpha value is -1.62. The molecule has 108 valence electrons. The number of amides is 1. The number of cyclic esters (lactones) is 1. The fourth-order valence-corrected chi connectivity index (χ4v) is 2.92. The highest BCUT2D eigenvalue weighted by molar-refractivity contribution is 5.91. The van der Waals surface area contributed by atoms with E-state index in [1.54, 1.807) is 11.0 Å². The average Bonchev–Trinajstić information content (AvgIpc) is 2.73. The van der Waals surface area contributed by atoms with Gasteiger partial charge < -0.3 is 4.74 Å². The van der Waals surface area contributed by atoms with E-state index >= 15 is 0 Å². The number of benzene rings is 1. The van der Waals surface area contributed by atoms with Crippen molar-refractivity contribution in [3.05, 3.63) is 29.6 Å². The third-order valence-electron chi connectivity index (χ3n) is 4.12. The Morgan fingerprint density at radius 3 is 2.95 bits per heavy atom. The molecule has 2 heterocycles. The van der Waals surface area contributed by atoms with Crippen LogP contribution >= 0.6 is 0 Å². The van der Waals surface area contributed by atoms with Crippen LogP contribution in [-0.4, -0.2) is 36.2 Å². The first-order valence-corrected chi connectivity index (χ1v) is 7.04. The van der Waals surface area contributed by atoms with Gasteiger partial charge in [0.25, 0.3) is 0 Å². The second-order valence-electron chi connectivity index (χ2n) is 5.73. The molecule has 20 heavy (non-hydrogen) atoms. The molecule has 1 aromatic rings. The van der Waals surface area contributed by atoms with Crippen molar-refractivity contribution in [3.63, 3.8) is 0 Å². The van der Waals surface area contributed by atoms with Crippen LogP contribution in [0.3, 0.4) is 0 Å². The Kier molecular flexibility index (Phi) is 3.38. The lowest BCUT2D eigenvalue weighted by Gasteiger charge is -2.34. The van der Waals surface area contributed by atoms with Crippen LogP contribution in [0.4, 0.5) is 14.9 Å². The zero-order valence-corrected chi connectivity index (χ0v) is 11.8. The zero-order chi connectivity index (χ0) is 14.3. The van der Waals surface area contributed by atoms with E-state index in [9.17, 15) is 9.18 Å². The van der Waals surface area contributed by atoms with E-state index in [1.807, 2.05) is 0 Å². The molecule has 5 heteroatoms. The normalized spacial score (nSPS) is 23.1. The molecular weight excluding hydrogens is 259 g/mol. The van der Waals surface area contributed by atoms with Crippen molar-refractivity contribution in [2.75, 3.05) is 18.1 Å². The minimum absolute atomic E-state index is 0.00426. The molecule has 1 atom stereocenters. The summed E-state index contributed by atoms with van der Waals surface area (Å²) in [6.07, 6.45) is 0.486. The first kappa shape index (κ1) is 13.4. The summed E-state index contributed by atoms with van der Waals surface area (Å²) in [5.74, 6) is -0.320. The fraction of sp³-hybridized carbons (Fsp3) is 0.533. The Morgan fingerprint density at radius 1 is 1.40 bits per heavy atom. The minimum atomic E-state index is -0.361. The number of anilines is 1. The molecule has 0 aliphatic carbocycles. The standard InChI is InChI=1S/C15H19FN2O2/c1-10(2)17-6-5-13-9-20-15(19)18(13)14-7-12(16)4-3-11(14)8-17/h3-4,7,10,13H,5-6,8-9H2,1-2H3/t13-/m0/s1. The van der Waals surface area contributed by atoms with Gasteiger partial charge in [0.05, 0.1) is 11.7 Å². The number of carbonyl (C=O) groups is 1. The van der Waals surface area contributed by atoms with Gasteiger partial charge in [0.2, 0.25) is 0 Å². The van der Waals surface area contributed by atoms with Gasteiger partial charge >= 0.3 is 6.09 Å². The molecule has 1 amide bonds. The number of nitrogens with zero attached hydrogens (tertiary/aromatic N) is 2.